The van der Waals surface area contributed by atoms with E-state index >= 15 is 0 Å². The van der Waals surface area contributed by atoms with E-state index in [0.717, 1.165) is 16.8 Å². The monoisotopic (exact) mass is 421 g/mol. The van der Waals surface area contributed by atoms with Gasteiger partial charge in [-0.15, -0.1) is 11.8 Å². The third kappa shape index (κ3) is 4.16. The number of carbonyl (C=O) groups excluding carboxylic acids is 2. The zero-order chi connectivity index (χ0) is 21.1. The molecule has 0 unspecified atom stereocenters. The lowest BCUT2D eigenvalue weighted by Crippen LogP contribution is -2.28. The molecule has 5 nitrogen and oxygen atoms in total. The molecule has 1 aliphatic rings. The number of hydrogen-bond donors (Lipinski definition) is 2. The van der Waals surface area contributed by atoms with Crippen molar-refractivity contribution in [3.05, 3.63) is 89.7 Å². The molecule has 1 heterocycles. The number of aryl methyl sites for hydroxylation is 1. The number of halogens is 1. The Kier molecular flexibility index (Phi) is 5.72. The predicted molar refractivity (Wildman–Crippen MR) is 119 cm³/mol. The van der Waals surface area contributed by atoms with Crippen LogP contribution in [0.4, 0.5) is 26.2 Å². The molecule has 7 heteroatoms. The topological polar surface area (TPSA) is 61.4 Å². The molecule has 0 spiro atoms. The molecule has 0 saturated carbocycles. The van der Waals surface area contributed by atoms with E-state index in [1.165, 1.54) is 12.1 Å². The fourth-order valence-electron chi connectivity index (χ4n) is 3.38. The van der Waals surface area contributed by atoms with Gasteiger partial charge < -0.3 is 10.6 Å². The fraction of sp³-hybridized carbons (Fsp3) is 0.130. The second-order valence-electron chi connectivity index (χ2n) is 6.90. The van der Waals surface area contributed by atoms with Gasteiger partial charge in [0.25, 0.3) is 0 Å². The summed E-state index contributed by atoms with van der Waals surface area (Å²) in [5.41, 5.74) is 3.47. The fourth-order valence-corrected chi connectivity index (χ4v) is 4.54. The molecule has 0 bridgehead atoms. The van der Waals surface area contributed by atoms with Crippen LogP contribution in [0.25, 0.3) is 0 Å². The first-order valence-corrected chi connectivity index (χ1v) is 10.5. The molecule has 2 N–H and O–H groups in total. The van der Waals surface area contributed by atoms with E-state index in [1.807, 2.05) is 49.4 Å². The average Bonchev–Trinajstić information content (AvgIpc) is 3.11. The van der Waals surface area contributed by atoms with Crippen molar-refractivity contribution in [3.8, 4) is 0 Å². The highest BCUT2D eigenvalue weighted by molar-refractivity contribution is 8.00. The maximum Gasteiger partial charge on any atom is 0.323 e. The lowest BCUT2D eigenvalue weighted by atomic mass is 10.1. The van der Waals surface area contributed by atoms with Crippen LogP contribution >= 0.6 is 11.8 Å². The lowest BCUT2D eigenvalue weighted by molar-refractivity contribution is -0.115. The number of amides is 3. The standard InChI is InChI=1S/C23H20FN3O2S/c1-15-7-2-5-12-20(15)27-21(28)14-30-22(27)16-8-6-9-17(13-16)25-23(29)26-19-11-4-3-10-18(19)24/h2-13,22H,14H2,1H3,(H2,25,26,29)/t22-/m1/s1. The van der Waals surface area contributed by atoms with Gasteiger partial charge in [-0.05, 0) is 48.4 Å². The largest absolute Gasteiger partial charge is 0.323 e. The number of nitrogens with zero attached hydrogens (tertiary/aromatic N) is 1. The Morgan fingerprint density at radius 2 is 1.80 bits per heavy atom. The summed E-state index contributed by atoms with van der Waals surface area (Å²) in [6, 6.07) is 20.6. The van der Waals surface area contributed by atoms with Gasteiger partial charge in [0.2, 0.25) is 5.91 Å². The number of hydrogen-bond acceptors (Lipinski definition) is 3. The maximum absolute atomic E-state index is 13.7. The molecule has 4 rings (SSSR count). The van der Waals surface area contributed by atoms with Crippen molar-refractivity contribution in [2.45, 2.75) is 12.3 Å². The zero-order valence-electron chi connectivity index (χ0n) is 16.3. The number of carbonyl (C=O) groups is 2. The van der Waals surface area contributed by atoms with E-state index in [4.69, 9.17) is 0 Å². The third-order valence-electron chi connectivity index (χ3n) is 4.79. The van der Waals surface area contributed by atoms with Gasteiger partial charge in [0.1, 0.15) is 11.2 Å². The molecule has 30 heavy (non-hydrogen) atoms. The van der Waals surface area contributed by atoms with Crippen LogP contribution in [0.15, 0.2) is 72.8 Å². The molecular weight excluding hydrogens is 401 g/mol. The summed E-state index contributed by atoms with van der Waals surface area (Å²) in [5.74, 6) is -0.0594. The summed E-state index contributed by atoms with van der Waals surface area (Å²) in [6.45, 7) is 1.98. The first-order chi connectivity index (χ1) is 14.5. The summed E-state index contributed by atoms with van der Waals surface area (Å²) in [5, 5.41) is 5.05. The number of para-hydroxylation sites is 2. The van der Waals surface area contributed by atoms with E-state index in [-0.39, 0.29) is 17.0 Å². The average molecular weight is 421 g/mol. The van der Waals surface area contributed by atoms with Crippen LogP contribution in [0.1, 0.15) is 16.5 Å². The Bertz CT molecular complexity index is 1110. The summed E-state index contributed by atoms with van der Waals surface area (Å²) < 4.78 is 13.7. The first-order valence-electron chi connectivity index (χ1n) is 9.45. The van der Waals surface area contributed by atoms with Gasteiger partial charge in [0, 0.05) is 11.4 Å². The Morgan fingerprint density at radius 3 is 2.60 bits per heavy atom. The number of anilines is 3. The SMILES string of the molecule is Cc1ccccc1N1C(=O)CS[C@@H]1c1cccc(NC(=O)Nc2ccccc2F)c1. The molecule has 3 aromatic rings. The highest BCUT2D eigenvalue weighted by Crippen LogP contribution is 2.43. The second-order valence-corrected chi connectivity index (χ2v) is 7.97. The summed E-state index contributed by atoms with van der Waals surface area (Å²) >= 11 is 1.55. The van der Waals surface area contributed by atoms with E-state index in [2.05, 4.69) is 10.6 Å². The maximum atomic E-state index is 13.7. The van der Waals surface area contributed by atoms with Crippen molar-refractivity contribution < 1.29 is 14.0 Å². The number of nitrogens with one attached hydrogen (secondary N) is 2. The summed E-state index contributed by atoms with van der Waals surface area (Å²) in [4.78, 5) is 26.7. The second kappa shape index (κ2) is 8.59. The van der Waals surface area contributed by atoms with Crippen molar-refractivity contribution in [3.63, 3.8) is 0 Å². The van der Waals surface area contributed by atoms with Crippen LogP contribution in [0, 0.1) is 12.7 Å². The Balaban J connectivity index is 1.54. The number of benzene rings is 3. The molecule has 0 aliphatic carbocycles. The minimum absolute atomic E-state index is 0.0509. The van der Waals surface area contributed by atoms with Crippen LogP contribution in [0.2, 0.25) is 0 Å². The van der Waals surface area contributed by atoms with Gasteiger partial charge in [-0.3, -0.25) is 9.69 Å². The van der Waals surface area contributed by atoms with Crippen molar-refractivity contribution in [2.24, 2.45) is 0 Å². The molecule has 1 atom stereocenters. The molecule has 3 aromatic carbocycles. The van der Waals surface area contributed by atoms with E-state index < -0.39 is 11.8 Å². The molecule has 1 fully saturated rings. The molecule has 0 aromatic heterocycles. The third-order valence-corrected chi connectivity index (χ3v) is 6.01. The van der Waals surface area contributed by atoms with Crippen molar-refractivity contribution in [1.29, 1.82) is 0 Å². The zero-order valence-corrected chi connectivity index (χ0v) is 17.1. The quantitative estimate of drug-likeness (QED) is 0.580. The molecule has 1 aliphatic heterocycles. The van der Waals surface area contributed by atoms with Crippen LogP contribution in [0.5, 0.6) is 0 Å². The summed E-state index contributed by atoms with van der Waals surface area (Å²) in [6.07, 6.45) is 0. The number of urea groups is 1. The van der Waals surface area contributed by atoms with Crippen LogP contribution in [0.3, 0.4) is 0 Å². The molecule has 3 amide bonds. The predicted octanol–water partition coefficient (Wildman–Crippen LogP) is 5.56. The Labute approximate surface area is 178 Å². The smallest absolute Gasteiger partial charge is 0.308 e. The normalized spacial score (nSPS) is 15.9. The van der Waals surface area contributed by atoms with Crippen LogP contribution in [-0.4, -0.2) is 17.7 Å². The Morgan fingerprint density at radius 1 is 1.03 bits per heavy atom. The van der Waals surface area contributed by atoms with Gasteiger partial charge in [0.15, 0.2) is 0 Å². The number of rotatable bonds is 4. The minimum atomic E-state index is -0.539. The Hall–Kier alpha value is -3.32. The van der Waals surface area contributed by atoms with Crippen molar-refractivity contribution in [2.75, 3.05) is 21.3 Å². The van der Waals surface area contributed by atoms with Gasteiger partial charge in [-0.2, -0.15) is 0 Å². The first kappa shape index (κ1) is 20.0. The van der Waals surface area contributed by atoms with Gasteiger partial charge in [-0.25, -0.2) is 9.18 Å². The molecular formula is C23H20FN3O2S. The van der Waals surface area contributed by atoms with Gasteiger partial charge in [0.05, 0.1) is 11.4 Å². The van der Waals surface area contributed by atoms with E-state index in [0.29, 0.717) is 11.4 Å². The van der Waals surface area contributed by atoms with Crippen molar-refractivity contribution >= 4 is 40.8 Å². The van der Waals surface area contributed by atoms with Crippen molar-refractivity contribution in [1.82, 2.24) is 0 Å². The molecule has 152 valence electrons. The van der Waals surface area contributed by atoms with Gasteiger partial charge >= 0.3 is 6.03 Å². The highest BCUT2D eigenvalue weighted by atomic mass is 32.2. The summed E-state index contributed by atoms with van der Waals surface area (Å²) in [7, 11) is 0. The van der Waals surface area contributed by atoms with E-state index in [1.54, 1.807) is 34.9 Å². The highest BCUT2D eigenvalue weighted by Gasteiger charge is 2.34. The molecule has 0 radical (unpaired) electrons. The van der Waals surface area contributed by atoms with E-state index in [9.17, 15) is 14.0 Å². The molecule has 1 saturated heterocycles. The number of thioether (sulfide) groups is 1. The minimum Gasteiger partial charge on any atom is -0.308 e. The van der Waals surface area contributed by atoms with Gasteiger partial charge in [-0.1, -0.05) is 42.5 Å². The lowest BCUT2D eigenvalue weighted by Gasteiger charge is -2.26. The van der Waals surface area contributed by atoms with Crippen LogP contribution in [-0.2, 0) is 4.79 Å². The van der Waals surface area contributed by atoms with Crippen LogP contribution < -0.4 is 15.5 Å².